The molecule has 0 aliphatic carbocycles. The van der Waals surface area contributed by atoms with Crippen LogP contribution >= 0.6 is 0 Å². The standard InChI is InChI=1S/C26H16N2O2/c27-17-21-3-1-5-23(15-21)25(29)13-11-19-7-9-20(10-8-19)12-14-26(30)24-6-2-4-22(16-24)18-28/h1-16H/b13-11-,14-12+. The Kier molecular flexibility index (Phi) is 6.46. The molecule has 3 aromatic carbocycles. The Hall–Kier alpha value is -4.54. The fourth-order valence-corrected chi connectivity index (χ4v) is 2.74. The summed E-state index contributed by atoms with van der Waals surface area (Å²) in [6, 6.07) is 24.5. The van der Waals surface area contributed by atoms with Crippen molar-refractivity contribution in [1.82, 2.24) is 0 Å². The third-order valence-electron chi connectivity index (χ3n) is 4.34. The second kappa shape index (κ2) is 9.59. The molecule has 0 bridgehead atoms. The van der Waals surface area contributed by atoms with E-state index >= 15 is 0 Å². The van der Waals surface area contributed by atoms with Gasteiger partial charge < -0.3 is 0 Å². The summed E-state index contributed by atoms with van der Waals surface area (Å²) in [5, 5.41) is 17.9. The van der Waals surface area contributed by atoms with Gasteiger partial charge in [0.05, 0.1) is 23.3 Å². The van der Waals surface area contributed by atoms with Gasteiger partial charge in [0.2, 0.25) is 0 Å². The van der Waals surface area contributed by atoms with Gasteiger partial charge >= 0.3 is 0 Å². The normalized spacial score (nSPS) is 10.6. The number of benzene rings is 3. The Morgan fingerprint density at radius 2 is 1.03 bits per heavy atom. The maximum atomic E-state index is 12.2. The summed E-state index contributed by atoms with van der Waals surface area (Å²) in [4.78, 5) is 24.5. The van der Waals surface area contributed by atoms with E-state index in [1.165, 1.54) is 12.2 Å². The van der Waals surface area contributed by atoms with E-state index in [9.17, 15) is 9.59 Å². The Balaban J connectivity index is 1.66. The highest BCUT2D eigenvalue weighted by Crippen LogP contribution is 2.12. The van der Waals surface area contributed by atoms with E-state index < -0.39 is 0 Å². The molecule has 30 heavy (non-hydrogen) atoms. The average Bonchev–Trinajstić information content (AvgIpc) is 2.81. The molecular weight excluding hydrogens is 372 g/mol. The molecule has 142 valence electrons. The smallest absolute Gasteiger partial charge is 0.185 e. The zero-order valence-electron chi connectivity index (χ0n) is 15.9. The van der Waals surface area contributed by atoms with Gasteiger partial charge in [-0.25, -0.2) is 0 Å². The first-order valence-electron chi connectivity index (χ1n) is 9.14. The van der Waals surface area contributed by atoms with Crippen LogP contribution in [0.5, 0.6) is 0 Å². The van der Waals surface area contributed by atoms with Gasteiger partial charge in [-0.1, -0.05) is 60.7 Å². The molecule has 0 N–H and O–H groups in total. The lowest BCUT2D eigenvalue weighted by Crippen LogP contribution is -1.94. The molecule has 3 aromatic rings. The lowest BCUT2D eigenvalue weighted by molar-refractivity contribution is 0.103. The van der Waals surface area contributed by atoms with E-state index in [1.54, 1.807) is 60.7 Å². The maximum Gasteiger partial charge on any atom is 0.185 e. The predicted molar refractivity (Wildman–Crippen MR) is 115 cm³/mol. The molecule has 3 rings (SSSR count). The maximum absolute atomic E-state index is 12.2. The quantitative estimate of drug-likeness (QED) is 0.428. The van der Waals surface area contributed by atoms with E-state index in [0.717, 1.165) is 11.1 Å². The molecule has 0 spiro atoms. The molecule has 0 saturated heterocycles. The number of ketones is 2. The fourth-order valence-electron chi connectivity index (χ4n) is 2.74. The largest absolute Gasteiger partial charge is 0.289 e. The summed E-state index contributed by atoms with van der Waals surface area (Å²) in [7, 11) is 0. The average molecular weight is 388 g/mol. The number of hydrogen-bond acceptors (Lipinski definition) is 4. The van der Waals surface area contributed by atoms with Crippen LogP contribution < -0.4 is 0 Å². The number of hydrogen-bond donors (Lipinski definition) is 0. The van der Waals surface area contributed by atoms with Crippen molar-refractivity contribution in [3.05, 3.63) is 118 Å². The minimum Gasteiger partial charge on any atom is -0.289 e. The molecular formula is C26H16N2O2. The van der Waals surface area contributed by atoms with Gasteiger partial charge in [-0.3, -0.25) is 9.59 Å². The summed E-state index contributed by atoms with van der Waals surface area (Å²) in [5.41, 5.74) is 3.49. The number of carbonyl (C=O) groups excluding carboxylic acids is 2. The third kappa shape index (κ3) is 5.25. The number of allylic oxidation sites excluding steroid dienone is 2. The topological polar surface area (TPSA) is 81.7 Å². The highest BCUT2D eigenvalue weighted by Gasteiger charge is 2.04. The molecule has 0 fully saturated rings. The van der Waals surface area contributed by atoms with Crippen molar-refractivity contribution in [2.24, 2.45) is 0 Å². The third-order valence-corrected chi connectivity index (χ3v) is 4.34. The van der Waals surface area contributed by atoms with Gasteiger partial charge in [-0.2, -0.15) is 10.5 Å². The van der Waals surface area contributed by atoms with Crippen LogP contribution in [-0.4, -0.2) is 11.6 Å². The SMILES string of the molecule is N#Cc1cccc(C(=O)/C=C\c2ccc(/C=C/C(=O)c3cccc(C#N)c3)cc2)c1. The van der Waals surface area contributed by atoms with Crippen LogP contribution in [0.4, 0.5) is 0 Å². The van der Waals surface area contributed by atoms with E-state index in [4.69, 9.17) is 10.5 Å². The molecule has 4 nitrogen and oxygen atoms in total. The molecule has 0 amide bonds. The van der Waals surface area contributed by atoms with Crippen molar-refractivity contribution in [2.75, 3.05) is 0 Å². The van der Waals surface area contributed by atoms with Gasteiger partial charge in [0, 0.05) is 11.1 Å². The van der Waals surface area contributed by atoms with Gasteiger partial charge in [0.25, 0.3) is 0 Å². The van der Waals surface area contributed by atoms with Gasteiger partial charge in [0.1, 0.15) is 0 Å². The van der Waals surface area contributed by atoms with Gasteiger partial charge in [-0.05, 0) is 47.5 Å². The Morgan fingerprint density at radius 1 is 0.633 bits per heavy atom. The van der Waals surface area contributed by atoms with Crippen LogP contribution in [0.2, 0.25) is 0 Å². The second-order valence-corrected chi connectivity index (χ2v) is 6.45. The fraction of sp³-hybridized carbons (Fsp3) is 0. The molecule has 0 heterocycles. The molecule has 0 radical (unpaired) electrons. The van der Waals surface area contributed by atoms with Crippen molar-refractivity contribution in [1.29, 1.82) is 10.5 Å². The van der Waals surface area contributed by atoms with Crippen molar-refractivity contribution < 1.29 is 9.59 Å². The first-order chi connectivity index (χ1) is 14.6. The second-order valence-electron chi connectivity index (χ2n) is 6.45. The summed E-state index contributed by atoms with van der Waals surface area (Å²) in [6.45, 7) is 0. The number of nitrogens with zero attached hydrogens (tertiary/aromatic N) is 2. The molecule has 0 aliphatic rings. The van der Waals surface area contributed by atoms with Crippen molar-refractivity contribution >= 4 is 23.7 Å². The van der Waals surface area contributed by atoms with E-state index in [-0.39, 0.29) is 11.6 Å². The van der Waals surface area contributed by atoms with E-state index in [2.05, 4.69) is 0 Å². The Bertz CT molecular complexity index is 1140. The van der Waals surface area contributed by atoms with Crippen LogP contribution in [0, 0.1) is 22.7 Å². The lowest BCUT2D eigenvalue weighted by Gasteiger charge is -1.99. The van der Waals surface area contributed by atoms with E-state index in [0.29, 0.717) is 22.3 Å². The van der Waals surface area contributed by atoms with Crippen LogP contribution in [0.15, 0.2) is 84.9 Å². The molecule has 0 aromatic heterocycles. The summed E-state index contributed by atoms with van der Waals surface area (Å²) < 4.78 is 0. The number of rotatable bonds is 6. The van der Waals surface area contributed by atoms with E-state index in [1.807, 2.05) is 36.4 Å². The van der Waals surface area contributed by atoms with Crippen molar-refractivity contribution in [3.8, 4) is 12.1 Å². The Morgan fingerprint density at radius 3 is 1.40 bits per heavy atom. The minimum absolute atomic E-state index is 0.179. The minimum atomic E-state index is -0.179. The number of carbonyl (C=O) groups is 2. The molecule has 0 saturated carbocycles. The van der Waals surface area contributed by atoms with Gasteiger partial charge in [0.15, 0.2) is 11.6 Å². The molecule has 0 aliphatic heterocycles. The highest BCUT2D eigenvalue weighted by atomic mass is 16.1. The first kappa shape index (κ1) is 20.2. The molecule has 0 atom stereocenters. The zero-order valence-corrected chi connectivity index (χ0v) is 15.9. The molecule has 0 unspecified atom stereocenters. The van der Waals surface area contributed by atoms with Gasteiger partial charge in [-0.15, -0.1) is 0 Å². The summed E-state index contributed by atoms with van der Waals surface area (Å²) >= 11 is 0. The summed E-state index contributed by atoms with van der Waals surface area (Å²) in [6.07, 6.45) is 6.33. The lowest BCUT2D eigenvalue weighted by atomic mass is 10.0. The zero-order chi connectivity index (χ0) is 21.3. The molecule has 4 heteroatoms. The Labute approximate surface area is 174 Å². The van der Waals surface area contributed by atoms with Crippen molar-refractivity contribution in [3.63, 3.8) is 0 Å². The highest BCUT2D eigenvalue weighted by molar-refractivity contribution is 6.07. The monoisotopic (exact) mass is 388 g/mol. The first-order valence-corrected chi connectivity index (χ1v) is 9.14. The van der Waals surface area contributed by atoms with Crippen molar-refractivity contribution in [2.45, 2.75) is 0 Å². The summed E-state index contributed by atoms with van der Waals surface area (Å²) in [5.74, 6) is -0.359. The predicted octanol–water partition coefficient (Wildman–Crippen LogP) is 5.22. The van der Waals surface area contributed by atoms with Crippen LogP contribution in [-0.2, 0) is 0 Å². The van der Waals surface area contributed by atoms with Crippen LogP contribution in [0.25, 0.3) is 12.2 Å². The number of nitriles is 2. The van der Waals surface area contributed by atoms with Crippen LogP contribution in [0.3, 0.4) is 0 Å². The van der Waals surface area contributed by atoms with Crippen LogP contribution in [0.1, 0.15) is 43.0 Å².